The summed E-state index contributed by atoms with van der Waals surface area (Å²) in [7, 11) is 0. The van der Waals surface area contributed by atoms with Gasteiger partial charge in [-0.1, -0.05) is 67.9 Å². The smallest absolute Gasteiger partial charge is 0.408 e. The molecule has 0 aliphatic carbocycles. The van der Waals surface area contributed by atoms with Gasteiger partial charge in [0.25, 0.3) is 0 Å². The van der Waals surface area contributed by atoms with Gasteiger partial charge in [0.15, 0.2) is 6.10 Å². The van der Waals surface area contributed by atoms with Crippen LogP contribution >= 0.6 is 11.6 Å². The fourth-order valence-electron chi connectivity index (χ4n) is 4.42. The van der Waals surface area contributed by atoms with E-state index in [0.717, 1.165) is 6.07 Å². The van der Waals surface area contributed by atoms with E-state index in [1.165, 1.54) is 42.5 Å². The minimum atomic E-state index is -3.66. The second-order valence-electron chi connectivity index (χ2n) is 9.92. The van der Waals surface area contributed by atoms with E-state index in [1.807, 2.05) is 13.8 Å². The van der Waals surface area contributed by atoms with Crippen LogP contribution in [0.15, 0.2) is 54.6 Å². The molecule has 2 aromatic rings. The minimum absolute atomic E-state index is 0.0401. The quantitative estimate of drug-likeness (QED) is 0.329. The molecule has 1 heterocycles. The number of alkyl carbamates (subject to hydrolysis) is 1. The summed E-state index contributed by atoms with van der Waals surface area (Å²) in [4.78, 5) is 49.5. The van der Waals surface area contributed by atoms with E-state index in [1.54, 1.807) is 6.07 Å². The molecule has 2 aromatic carbocycles. The standard InChI is InChI=1S/C28H32ClF2N3O5/c1-17(2)13-23(26(37)33-22(16-35)14-19-11-12-32-25(19)36)34-27(38)39-24(18-7-4-3-5-8-18)28(30,31)20-9-6-10-21(29)15-20/h3-10,15-17,19,22-24H,11-14H2,1-2H3,(H,32,36)(H,33,37)(H,34,38)/t19-,22-,23-,24-/m0/s1. The molecule has 3 N–H and O–H groups in total. The van der Waals surface area contributed by atoms with Crippen molar-refractivity contribution in [1.82, 2.24) is 16.0 Å². The van der Waals surface area contributed by atoms with E-state index in [-0.39, 0.29) is 35.3 Å². The number of aldehydes is 1. The largest absolute Gasteiger partial charge is 0.434 e. The molecule has 0 bridgehead atoms. The van der Waals surface area contributed by atoms with Crippen molar-refractivity contribution in [3.8, 4) is 0 Å². The van der Waals surface area contributed by atoms with Gasteiger partial charge in [0.2, 0.25) is 11.8 Å². The maximum absolute atomic E-state index is 15.7. The van der Waals surface area contributed by atoms with E-state index < -0.39 is 47.6 Å². The number of ether oxygens (including phenoxy) is 1. The summed E-state index contributed by atoms with van der Waals surface area (Å²) in [6.07, 6.45) is -1.92. The Kier molecular flexibility index (Phi) is 10.4. The summed E-state index contributed by atoms with van der Waals surface area (Å²) in [6, 6.07) is 10.5. The maximum atomic E-state index is 15.7. The zero-order valence-electron chi connectivity index (χ0n) is 21.7. The van der Waals surface area contributed by atoms with Crippen molar-refractivity contribution in [2.75, 3.05) is 6.54 Å². The van der Waals surface area contributed by atoms with Crippen molar-refractivity contribution in [2.24, 2.45) is 11.8 Å². The zero-order chi connectivity index (χ0) is 28.6. The summed E-state index contributed by atoms with van der Waals surface area (Å²) in [6.45, 7) is 4.12. The molecule has 39 heavy (non-hydrogen) atoms. The lowest BCUT2D eigenvalue weighted by atomic mass is 9.97. The number of benzene rings is 2. The lowest BCUT2D eigenvalue weighted by Crippen LogP contribution is -2.51. The molecule has 3 amide bonds. The molecular weight excluding hydrogens is 532 g/mol. The Bertz CT molecular complexity index is 1160. The van der Waals surface area contributed by atoms with Crippen LogP contribution in [0, 0.1) is 11.8 Å². The molecule has 1 aliphatic rings. The van der Waals surface area contributed by atoms with Crippen molar-refractivity contribution in [1.29, 1.82) is 0 Å². The summed E-state index contributed by atoms with van der Waals surface area (Å²) >= 11 is 5.93. The second kappa shape index (κ2) is 13.5. The first kappa shape index (κ1) is 30.0. The molecule has 1 aliphatic heterocycles. The van der Waals surface area contributed by atoms with Crippen molar-refractivity contribution in [2.45, 2.75) is 57.2 Å². The molecule has 0 spiro atoms. The number of hydrogen-bond acceptors (Lipinski definition) is 5. The van der Waals surface area contributed by atoms with Crippen LogP contribution in [0.1, 0.15) is 50.3 Å². The molecule has 4 atom stereocenters. The summed E-state index contributed by atoms with van der Waals surface area (Å²) in [5.74, 6) is -5.03. The lowest BCUT2D eigenvalue weighted by molar-refractivity contribution is -0.129. The number of amides is 3. The molecule has 11 heteroatoms. The number of rotatable bonds is 12. The molecular formula is C28H32ClF2N3O5. The third-order valence-corrected chi connectivity index (χ3v) is 6.61. The molecule has 0 aromatic heterocycles. The number of alkyl halides is 2. The molecule has 1 fully saturated rings. The Labute approximate surface area is 230 Å². The van der Waals surface area contributed by atoms with Gasteiger partial charge in [-0.25, -0.2) is 4.79 Å². The number of hydrogen-bond donors (Lipinski definition) is 3. The zero-order valence-corrected chi connectivity index (χ0v) is 22.4. The van der Waals surface area contributed by atoms with Crippen LogP contribution in [0.3, 0.4) is 0 Å². The summed E-state index contributed by atoms with van der Waals surface area (Å²) in [5, 5.41) is 7.71. The van der Waals surface area contributed by atoms with Crippen LogP contribution in [-0.4, -0.2) is 42.8 Å². The van der Waals surface area contributed by atoms with Crippen LogP contribution < -0.4 is 16.0 Å². The van der Waals surface area contributed by atoms with Crippen LogP contribution in [0.2, 0.25) is 5.02 Å². The highest BCUT2D eigenvalue weighted by Crippen LogP contribution is 2.43. The SMILES string of the molecule is CC(C)C[C@H](NC(=O)O[C@@H](c1ccccc1)C(F)(F)c1cccc(Cl)c1)C(=O)N[C@H](C=O)C[C@@H]1CCNC1=O. The number of carbonyl (C=O) groups excluding carboxylic acids is 4. The first-order valence-corrected chi connectivity index (χ1v) is 13.1. The highest BCUT2D eigenvalue weighted by molar-refractivity contribution is 6.30. The summed E-state index contributed by atoms with van der Waals surface area (Å²) < 4.78 is 36.6. The topological polar surface area (TPSA) is 114 Å². The normalized spacial score (nSPS) is 17.6. The fraction of sp³-hybridized carbons (Fsp3) is 0.429. The highest BCUT2D eigenvalue weighted by Gasteiger charge is 2.46. The predicted molar refractivity (Wildman–Crippen MR) is 141 cm³/mol. The van der Waals surface area contributed by atoms with E-state index in [0.29, 0.717) is 19.3 Å². The number of halogens is 3. The van der Waals surface area contributed by atoms with Gasteiger partial charge < -0.3 is 25.5 Å². The first-order valence-electron chi connectivity index (χ1n) is 12.7. The monoisotopic (exact) mass is 563 g/mol. The predicted octanol–water partition coefficient (Wildman–Crippen LogP) is 4.52. The third kappa shape index (κ3) is 8.23. The number of carbonyl (C=O) groups is 4. The summed E-state index contributed by atoms with van der Waals surface area (Å²) in [5.41, 5.74) is -0.406. The van der Waals surface area contributed by atoms with Gasteiger partial charge in [-0.3, -0.25) is 9.59 Å². The molecule has 0 saturated carbocycles. The minimum Gasteiger partial charge on any atom is -0.434 e. The average molecular weight is 564 g/mol. The van der Waals surface area contributed by atoms with Gasteiger partial charge in [0, 0.05) is 23.0 Å². The van der Waals surface area contributed by atoms with Gasteiger partial charge in [-0.15, -0.1) is 0 Å². The molecule has 0 unspecified atom stereocenters. The van der Waals surface area contributed by atoms with Gasteiger partial charge in [-0.05, 0) is 42.9 Å². The Morgan fingerprint density at radius 3 is 2.46 bits per heavy atom. The van der Waals surface area contributed by atoms with Crippen LogP contribution in [0.25, 0.3) is 0 Å². The van der Waals surface area contributed by atoms with Gasteiger partial charge in [0.05, 0.1) is 6.04 Å². The fourth-order valence-corrected chi connectivity index (χ4v) is 4.61. The van der Waals surface area contributed by atoms with Gasteiger partial charge in [0.1, 0.15) is 12.3 Å². The Hall–Kier alpha value is -3.53. The van der Waals surface area contributed by atoms with E-state index >= 15 is 8.78 Å². The van der Waals surface area contributed by atoms with Crippen LogP contribution in [0.4, 0.5) is 13.6 Å². The average Bonchev–Trinajstić information content (AvgIpc) is 3.30. The first-order chi connectivity index (χ1) is 18.5. The Balaban J connectivity index is 1.77. The van der Waals surface area contributed by atoms with E-state index in [9.17, 15) is 19.2 Å². The van der Waals surface area contributed by atoms with Crippen molar-refractivity contribution >= 4 is 35.8 Å². The molecule has 210 valence electrons. The molecule has 0 radical (unpaired) electrons. The lowest BCUT2D eigenvalue weighted by Gasteiger charge is -2.29. The molecule has 3 rings (SSSR count). The second-order valence-corrected chi connectivity index (χ2v) is 10.4. The Morgan fingerprint density at radius 2 is 1.87 bits per heavy atom. The third-order valence-electron chi connectivity index (χ3n) is 6.37. The van der Waals surface area contributed by atoms with Crippen LogP contribution in [0.5, 0.6) is 0 Å². The van der Waals surface area contributed by atoms with Crippen molar-refractivity contribution in [3.63, 3.8) is 0 Å². The highest BCUT2D eigenvalue weighted by atomic mass is 35.5. The number of nitrogens with one attached hydrogen (secondary N) is 3. The van der Waals surface area contributed by atoms with Crippen LogP contribution in [-0.2, 0) is 25.0 Å². The van der Waals surface area contributed by atoms with E-state index in [2.05, 4.69) is 16.0 Å². The van der Waals surface area contributed by atoms with Crippen molar-refractivity contribution < 1.29 is 32.7 Å². The van der Waals surface area contributed by atoms with Crippen molar-refractivity contribution in [3.05, 3.63) is 70.7 Å². The van der Waals surface area contributed by atoms with Gasteiger partial charge in [-0.2, -0.15) is 8.78 Å². The molecule has 1 saturated heterocycles. The Morgan fingerprint density at radius 1 is 1.15 bits per heavy atom. The molecule has 8 nitrogen and oxygen atoms in total. The van der Waals surface area contributed by atoms with E-state index in [4.69, 9.17) is 16.3 Å². The van der Waals surface area contributed by atoms with Gasteiger partial charge >= 0.3 is 12.0 Å². The maximum Gasteiger partial charge on any atom is 0.408 e.